The Morgan fingerprint density at radius 3 is 1.14 bits per heavy atom. The van der Waals surface area contributed by atoms with Crippen molar-refractivity contribution in [2.75, 3.05) is 37.4 Å². The molecule has 4 aliphatic carbocycles. The first-order valence-corrected chi connectivity index (χ1v) is 48.2. The Hall–Kier alpha value is -11.4. The molecule has 24 nitrogen and oxygen atoms in total. The van der Waals surface area contributed by atoms with Crippen LogP contribution in [0.3, 0.4) is 0 Å². The number of nitrogens with two attached hydrogens (primary N) is 1. The summed E-state index contributed by atoms with van der Waals surface area (Å²) in [5.74, 6) is 2.02. The molecule has 20 rings (SSSR count). The molecule has 0 unspecified atom stereocenters. The number of nitrogens with one attached hydrogen (secondary N) is 1. The number of nitrogen functional groups attached to an aromatic ring is 1. The number of carbonyl (C=O) groups is 1. The van der Waals surface area contributed by atoms with E-state index < -0.39 is 5.82 Å². The number of alkyl halides is 1. The molecule has 1 radical (unpaired) electrons. The van der Waals surface area contributed by atoms with Gasteiger partial charge in [0.15, 0.2) is 17.1 Å². The first-order chi connectivity index (χ1) is 65.2. The monoisotopic (exact) mass is 1970 g/mol. The number of hydrogen-bond acceptors (Lipinski definition) is 23. The Kier molecular flexibility index (Phi) is 37.7. The molecule has 0 spiro atoms. The number of rotatable bonds is 14. The molecule has 5 fully saturated rings. The number of ketones is 1. The van der Waals surface area contributed by atoms with Crippen molar-refractivity contribution in [3.8, 4) is 22.5 Å². The van der Waals surface area contributed by atoms with Gasteiger partial charge in [-0.25, -0.2) is 36.9 Å². The van der Waals surface area contributed by atoms with Crippen LogP contribution >= 0.6 is 52.8 Å². The van der Waals surface area contributed by atoms with Gasteiger partial charge in [-0.2, -0.15) is 51.0 Å². The zero-order valence-corrected chi connectivity index (χ0v) is 82.4. The number of fused-ring (bicyclic) bond motifs is 7. The summed E-state index contributed by atoms with van der Waals surface area (Å²) < 4.78 is 89.2. The van der Waals surface area contributed by atoms with E-state index in [4.69, 9.17) is 26.8 Å². The number of ether oxygens (including phenoxy) is 2. The van der Waals surface area contributed by atoms with Crippen LogP contribution in [0.5, 0.6) is 0 Å². The van der Waals surface area contributed by atoms with Gasteiger partial charge in [0.2, 0.25) is 0 Å². The van der Waals surface area contributed by atoms with Crippen LogP contribution in [0.4, 0.5) is 27.8 Å². The molecule has 4 saturated carbocycles. The number of benzene rings is 5. The Bertz CT molecular complexity index is 6540. The van der Waals surface area contributed by atoms with Crippen molar-refractivity contribution in [2.45, 2.75) is 233 Å². The Morgan fingerprint density at radius 1 is 0.463 bits per heavy atom. The summed E-state index contributed by atoms with van der Waals surface area (Å²) in [6.07, 6.45) is 35.1. The minimum absolute atomic E-state index is 0. The molecule has 1 saturated heterocycles. The van der Waals surface area contributed by atoms with Crippen LogP contribution in [0.2, 0.25) is 5.02 Å². The van der Waals surface area contributed by atoms with Crippen LogP contribution in [0.15, 0.2) is 145 Å². The van der Waals surface area contributed by atoms with Crippen molar-refractivity contribution in [1.29, 1.82) is 0 Å². The van der Waals surface area contributed by atoms with E-state index in [2.05, 4.69) is 140 Å². The second kappa shape index (κ2) is 49.5. The van der Waals surface area contributed by atoms with Gasteiger partial charge in [0.25, 0.3) is 0 Å². The first kappa shape index (κ1) is 103. The van der Waals surface area contributed by atoms with Crippen LogP contribution in [-0.4, -0.2) is 135 Å². The molecule has 136 heavy (non-hydrogen) atoms. The number of piperidine rings is 1. The molecule has 34 heteroatoms. The fraction of sp³-hybridized carbons (Fsp3) is 0.402. The van der Waals surface area contributed by atoms with Crippen molar-refractivity contribution in [3.05, 3.63) is 249 Å². The van der Waals surface area contributed by atoms with Gasteiger partial charge in [0.05, 0.1) is 132 Å². The normalized spacial score (nSPS) is 14.8. The first-order valence-electron chi connectivity index (χ1n) is 46.3. The van der Waals surface area contributed by atoms with E-state index in [1.807, 2.05) is 132 Å². The van der Waals surface area contributed by atoms with Gasteiger partial charge in [0.1, 0.15) is 40.7 Å². The number of imidazole rings is 2. The fourth-order valence-electron chi connectivity index (χ4n) is 18.0. The molecule has 0 amide bonds. The number of aromatic nitrogens is 18. The number of halogens is 8. The molecule has 5 aliphatic rings. The van der Waals surface area contributed by atoms with Crippen molar-refractivity contribution in [3.63, 3.8) is 0 Å². The molecule has 5 aromatic carbocycles. The molecule has 0 atom stereocenters. The van der Waals surface area contributed by atoms with E-state index in [1.165, 1.54) is 101 Å². The quantitative estimate of drug-likeness (QED) is 0.0227. The fourth-order valence-corrected chi connectivity index (χ4v) is 18.5. The zero-order valence-electron chi connectivity index (χ0n) is 78.3. The van der Waals surface area contributed by atoms with Crippen LogP contribution < -0.4 is 11.1 Å². The Labute approximate surface area is 815 Å². The maximum absolute atomic E-state index is 15.0. The molecule has 3 N–H and O–H groups in total. The summed E-state index contributed by atoms with van der Waals surface area (Å²) in [6.45, 7) is 27.6. The Balaban J connectivity index is 0.000000147. The molecule has 711 valence electrons. The van der Waals surface area contributed by atoms with Gasteiger partial charge in [-0.1, -0.05) is 118 Å². The summed E-state index contributed by atoms with van der Waals surface area (Å²) in [4.78, 5) is 37.8. The average Bonchev–Trinajstić information content (AvgIpc) is 1.74. The predicted octanol–water partition coefficient (Wildman–Crippen LogP) is 25.2. The minimum atomic E-state index is -0.399. The van der Waals surface area contributed by atoms with E-state index in [-0.39, 0.29) is 46.8 Å². The van der Waals surface area contributed by atoms with E-state index in [0.29, 0.717) is 141 Å². The topological polar surface area (TPSA) is 301 Å². The summed E-state index contributed by atoms with van der Waals surface area (Å²) in [5, 5.41) is 49.2. The second-order valence-corrected chi connectivity index (χ2v) is 36.1. The van der Waals surface area contributed by atoms with Crippen molar-refractivity contribution < 1.29 is 36.2 Å². The second-order valence-electron chi connectivity index (χ2n) is 34.9. The van der Waals surface area contributed by atoms with Gasteiger partial charge in [0, 0.05) is 109 Å². The summed E-state index contributed by atoms with van der Waals surface area (Å²) in [7, 11) is 4.34. The van der Waals surface area contributed by atoms with Gasteiger partial charge in [-0.3, -0.25) is 19.7 Å². The van der Waals surface area contributed by atoms with Crippen LogP contribution in [-0.2, 0) is 9.47 Å². The summed E-state index contributed by atoms with van der Waals surface area (Å²) in [5.41, 5.74) is 23.1. The Morgan fingerprint density at radius 2 is 0.794 bits per heavy atom. The van der Waals surface area contributed by atoms with E-state index >= 15 is 0 Å². The number of hydrogen-bond donors (Lipinski definition) is 3. The molecule has 15 aromatic rings. The van der Waals surface area contributed by atoms with Gasteiger partial charge in [-0.05, 0) is 231 Å². The number of carbonyl (C=O) groups excluding carboxylic acids is 1. The average molecular weight is 1970 g/mol. The van der Waals surface area contributed by atoms with Crippen LogP contribution in [0.25, 0.3) is 94.1 Å². The third-order valence-corrected chi connectivity index (χ3v) is 25.5. The molecule has 1 aliphatic heterocycles. The molecule has 10 aromatic heterocycles. The van der Waals surface area contributed by atoms with Gasteiger partial charge in [-0.15, -0.1) is 12.4 Å². The standard InChI is InChI=1S/C22H22FN5.C21H21FN6.C18H21FN2O.C16H16BrFN2O.C14H14ClFN2.C6H9N3.C5H10O.BHNS.ClH/c1-13-11-28-12-21(25-22(28)14(2)24-13)16-8-18(23)17-10-19(26-27-20(17)9-16)15-6-4-3-5-7-15;1-12-10-28-11-20(25-21(28)13(2)24-12)15-7-17(22)16-9-18(26-27-19(16)8-15)14-3-5-23-6-4-14;1-3-22-12(2)14-9-16(19)15-11-17(20-21-18(15)10-14)13-7-5-4-6-8-13;17-9-16(21)11-6-13(18)12-8-14(19-20-15(12)7-11)10-4-2-1-3-5-10;15-10-6-12(16)11-8-13(17-18-14(11)7-10)9-4-2-1-3-5-9;1-4-3-8-6(7)5(2)9-4;1-4-6-5(2)3;1-2-3;/h8-12,15H,3-7H2,1-2H3;7-11,14,23H,3-6H2,1-2H3;9-11,13H,2-8H2,1H3;6-8,10H,1-5,9H2;6-9H,1-5H2;3H,1-2H3,(H2,7,8);2,4H2,1,3H3;3H;1H. The number of thiol groups is 1. The van der Waals surface area contributed by atoms with Crippen molar-refractivity contribution in [2.24, 2.45) is 4.30 Å². The number of allylic oxidation sites excluding steroid dienone is 1. The maximum atomic E-state index is 15.0. The summed E-state index contributed by atoms with van der Waals surface area (Å²) in [6, 6.07) is 25.2. The third kappa shape index (κ3) is 27.1. The molecule has 11 heterocycles. The number of aryl methyl sites for hydroxylation is 6. The predicted molar refractivity (Wildman–Crippen MR) is 539 cm³/mol. The van der Waals surface area contributed by atoms with E-state index in [1.54, 1.807) is 36.5 Å². The molecular formula is C102H115BBrCl2F5N21O3S. The van der Waals surface area contributed by atoms with E-state index in [9.17, 15) is 26.7 Å². The number of anilines is 1. The van der Waals surface area contributed by atoms with Gasteiger partial charge < -0.3 is 29.3 Å². The number of nitrogens with zero attached hydrogens (tertiary/aromatic N) is 19. The third-order valence-electron chi connectivity index (χ3n) is 24.8. The van der Waals surface area contributed by atoms with Crippen LogP contribution in [0.1, 0.15) is 270 Å². The van der Waals surface area contributed by atoms with Crippen molar-refractivity contribution in [1.82, 2.24) is 95.0 Å². The van der Waals surface area contributed by atoms with Crippen LogP contribution in [0, 0.1) is 70.6 Å². The zero-order chi connectivity index (χ0) is 95.9. The molecular weight excluding hydrogens is 1860 g/mol. The van der Waals surface area contributed by atoms with E-state index in [0.717, 1.165) is 164 Å². The number of Topliss-reactive ketones (excluding diaryl/α,β-unsaturated/α-hetero) is 1. The SMILES string of the molecule is C=C(C)OCC.C=C(OCC)c1cc(F)c2cc(C3CCCCC3)nnc2c1.Cc1cn2cc(-c3cc(F)c4cc(C5CCCCC5)nnc4c3)nc2c(C)n1.Cc1cn2cc(-c3cc(F)c4cc(C5CCNCC5)nnc4c3)nc2c(C)n1.Cc1cnc(N)c(C)n1.Cl.Fc1cc(Cl)cc2nnc(C3CCCCC3)cc12.O=C(CBr)c1cc(F)c2cc(C3CCCCC3)nnc2c1.[B]=NS. The summed E-state index contributed by atoms with van der Waals surface area (Å²) >= 11 is 12.1. The molecule has 0 bridgehead atoms. The van der Waals surface area contributed by atoms with Gasteiger partial charge >= 0.3 is 24.8 Å². The van der Waals surface area contributed by atoms with Crippen molar-refractivity contribution >= 4 is 144 Å².